The average Bonchev–Trinajstić information content (AvgIpc) is 2.50. The first kappa shape index (κ1) is 15.0. The Kier molecular flexibility index (Phi) is 4.52. The Bertz CT molecular complexity index is 642. The minimum absolute atomic E-state index is 0.482. The highest BCUT2D eigenvalue weighted by atomic mass is 16.5. The minimum atomic E-state index is 0.482. The van der Waals surface area contributed by atoms with E-state index in [1.165, 1.54) is 0 Å². The number of hydrogen-bond acceptors (Lipinski definition) is 5. The molecule has 21 heavy (non-hydrogen) atoms. The Morgan fingerprint density at radius 1 is 1.00 bits per heavy atom. The van der Waals surface area contributed by atoms with Crippen LogP contribution in [0.4, 0.5) is 5.69 Å². The molecule has 2 aromatic rings. The van der Waals surface area contributed by atoms with Crippen molar-refractivity contribution < 1.29 is 14.2 Å². The highest BCUT2D eigenvalue weighted by Gasteiger charge is 2.13. The summed E-state index contributed by atoms with van der Waals surface area (Å²) < 4.78 is 16.4. The summed E-state index contributed by atoms with van der Waals surface area (Å²) >= 11 is 0. The van der Waals surface area contributed by atoms with Gasteiger partial charge in [-0.2, -0.15) is 0 Å². The number of aryl methyl sites for hydroxylation is 2. The maximum absolute atomic E-state index is 6.01. The van der Waals surface area contributed by atoms with Crippen molar-refractivity contribution in [3.63, 3.8) is 0 Å². The summed E-state index contributed by atoms with van der Waals surface area (Å²) in [6.07, 6.45) is 0.782. The van der Waals surface area contributed by atoms with Crippen molar-refractivity contribution in [3.8, 4) is 23.0 Å². The maximum atomic E-state index is 6.01. The molecule has 0 atom stereocenters. The molecule has 5 heteroatoms. The van der Waals surface area contributed by atoms with Gasteiger partial charge in [0, 0.05) is 17.8 Å². The summed E-state index contributed by atoms with van der Waals surface area (Å²) in [5, 5.41) is 0. The highest BCUT2D eigenvalue weighted by Crippen LogP contribution is 2.38. The van der Waals surface area contributed by atoms with Crippen LogP contribution < -0.4 is 19.9 Å². The SMILES string of the molecule is CCc1nc(C)ccc1Oc1cc(OC)c(OC)cc1N. The number of nitrogens with zero attached hydrogens (tertiary/aromatic N) is 1. The van der Waals surface area contributed by atoms with Gasteiger partial charge in [0.2, 0.25) is 0 Å². The van der Waals surface area contributed by atoms with Crippen molar-refractivity contribution in [1.29, 1.82) is 0 Å². The second-order valence-electron chi connectivity index (χ2n) is 4.60. The van der Waals surface area contributed by atoms with E-state index in [4.69, 9.17) is 19.9 Å². The number of anilines is 1. The average molecular weight is 288 g/mol. The molecule has 1 aromatic heterocycles. The van der Waals surface area contributed by atoms with Crippen LogP contribution in [0.2, 0.25) is 0 Å². The van der Waals surface area contributed by atoms with E-state index in [1.54, 1.807) is 26.4 Å². The van der Waals surface area contributed by atoms with E-state index in [9.17, 15) is 0 Å². The lowest BCUT2D eigenvalue weighted by molar-refractivity contribution is 0.352. The molecule has 5 nitrogen and oxygen atoms in total. The van der Waals surface area contributed by atoms with Crippen LogP contribution in [-0.4, -0.2) is 19.2 Å². The Balaban J connectivity index is 2.40. The molecule has 0 aliphatic carbocycles. The van der Waals surface area contributed by atoms with Crippen LogP contribution in [0.3, 0.4) is 0 Å². The fourth-order valence-electron chi connectivity index (χ4n) is 2.03. The Labute approximate surface area is 124 Å². The molecular formula is C16H20N2O3. The lowest BCUT2D eigenvalue weighted by Crippen LogP contribution is -1.99. The number of rotatable bonds is 5. The van der Waals surface area contributed by atoms with Gasteiger partial charge in [-0.25, -0.2) is 0 Å². The van der Waals surface area contributed by atoms with Crippen molar-refractivity contribution in [1.82, 2.24) is 4.98 Å². The van der Waals surface area contributed by atoms with E-state index in [-0.39, 0.29) is 0 Å². The first-order valence-electron chi connectivity index (χ1n) is 6.74. The molecule has 0 saturated carbocycles. The van der Waals surface area contributed by atoms with Crippen LogP contribution >= 0.6 is 0 Å². The number of hydrogen-bond donors (Lipinski definition) is 1. The first-order chi connectivity index (χ1) is 10.1. The molecule has 0 aliphatic rings. The summed E-state index contributed by atoms with van der Waals surface area (Å²) in [5.74, 6) is 2.36. The van der Waals surface area contributed by atoms with Crippen molar-refractivity contribution >= 4 is 5.69 Å². The summed E-state index contributed by atoms with van der Waals surface area (Å²) in [6, 6.07) is 7.21. The van der Waals surface area contributed by atoms with E-state index in [0.717, 1.165) is 17.8 Å². The zero-order valence-corrected chi connectivity index (χ0v) is 12.8. The van der Waals surface area contributed by atoms with Crippen LogP contribution in [0.15, 0.2) is 24.3 Å². The normalized spacial score (nSPS) is 10.3. The summed E-state index contributed by atoms with van der Waals surface area (Å²) in [5.41, 5.74) is 8.34. The van der Waals surface area contributed by atoms with Gasteiger partial charge in [-0.1, -0.05) is 6.92 Å². The van der Waals surface area contributed by atoms with Gasteiger partial charge in [0.1, 0.15) is 5.75 Å². The number of methoxy groups -OCH3 is 2. The number of ether oxygens (including phenoxy) is 3. The lowest BCUT2D eigenvalue weighted by Gasteiger charge is -2.15. The molecular weight excluding hydrogens is 268 g/mol. The highest BCUT2D eigenvalue weighted by molar-refractivity contribution is 5.63. The standard InChI is InChI=1S/C16H20N2O3/c1-5-12-13(7-6-10(2)18-12)21-14-9-16(20-4)15(19-3)8-11(14)17/h6-9H,5,17H2,1-4H3. The summed E-state index contributed by atoms with van der Waals surface area (Å²) in [7, 11) is 3.14. The van der Waals surface area contributed by atoms with Gasteiger partial charge < -0.3 is 19.9 Å². The third-order valence-corrected chi connectivity index (χ3v) is 3.14. The third kappa shape index (κ3) is 3.18. The number of aromatic nitrogens is 1. The quantitative estimate of drug-likeness (QED) is 0.855. The van der Waals surface area contributed by atoms with Gasteiger partial charge in [0.25, 0.3) is 0 Å². The number of pyridine rings is 1. The van der Waals surface area contributed by atoms with Crippen molar-refractivity contribution in [2.75, 3.05) is 20.0 Å². The van der Waals surface area contributed by atoms with Crippen LogP contribution in [0.5, 0.6) is 23.0 Å². The van der Waals surface area contributed by atoms with Crippen molar-refractivity contribution in [2.45, 2.75) is 20.3 Å². The van der Waals surface area contributed by atoms with E-state index in [2.05, 4.69) is 4.98 Å². The van der Waals surface area contributed by atoms with E-state index in [1.807, 2.05) is 26.0 Å². The van der Waals surface area contributed by atoms with Crippen LogP contribution in [0.25, 0.3) is 0 Å². The zero-order valence-electron chi connectivity index (χ0n) is 12.8. The van der Waals surface area contributed by atoms with Gasteiger partial charge in [-0.3, -0.25) is 4.98 Å². The predicted octanol–water partition coefficient (Wildman–Crippen LogP) is 3.34. The molecule has 0 radical (unpaired) electrons. The van der Waals surface area contributed by atoms with Crippen molar-refractivity contribution in [3.05, 3.63) is 35.7 Å². The molecule has 2 N–H and O–H groups in total. The fraction of sp³-hybridized carbons (Fsp3) is 0.312. The molecule has 1 heterocycles. The van der Waals surface area contributed by atoms with Crippen LogP contribution in [-0.2, 0) is 6.42 Å². The zero-order chi connectivity index (χ0) is 15.4. The van der Waals surface area contributed by atoms with Gasteiger partial charge in [-0.05, 0) is 25.5 Å². The number of benzene rings is 1. The lowest BCUT2D eigenvalue weighted by atomic mass is 10.2. The molecule has 0 amide bonds. The smallest absolute Gasteiger partial charge is 0.164 e. The van der Waals surface area contributed by atoms with E-state index < -0.39 is 0 Å². The molecule has 0 unspecified atom stereocenters. The van der Waals surface area contributed by atoms with Gasteiger partial charge in [0.15, 0.2) is 17.2 Å². The van der Waals surface area contributed by atoms with Crippen molar-refractivity contribution in [2.24, 2.45) is 0 Å². The van der Waals surface area contributed by atoms with Gasteiger partial charge in [-0.15, -0.1) is 0 Å². The second kappa shape index (κ2) is 6.35. The Morgan fingerprint density at radius 3 is 2.29 bits per heavy atom. The monoisotopic (exact) mass is 288 g/mol. The Morgan fingerprint density at radius 2 is 1.67 bits per heavy atom. The molecule has 0 aliphatic heterocycles. The summed E-state index contributed by atoms with van der Waals surface area (Å²) in [6.45, 7) is 3.99. The summed E-state index contributed by atoms with van der Waals surface area (Å²) in [4.78, 5) is 4.47. The Hall–Kier alpha value is -2.43. The molecule has 0 bridgehead atoms. The second-order valence-corrected chi connectivity index (χ2v) is 4.60. The molecule has 0 saturated heterocycles. The van der Waals surface area contributed by atoms with E-state index >= 15 is 0 Å². The minimum Gasteiger partial charge on any atom is -0.493 e. The third-order valence-electron chi connectivity index (χ3n) is 3.14. The number of nitrogens with two attached hydrogens (primary N) is 1. The first-order valence-corrected chi connectivity index (χ1v) is 6.74. The molecule has 2 rings (SSSR count). The van der Waals surface area contributed by atoms with Gasteiger partial charge in [0.05, 0.1) is 25.6 Å². The molecule has 1 aromatic carbocycles. The predicted molar refractivity (Wildman–Crippen MR) is 82.4 cm³/mol. The molecule has 112 valence electrons. The van der Waals surface area contributed by atoms with Gasteiger partial charge >= 0.3 is 0 Å². The van der Waals surface area contributed by atoms with Crippen LogP contribution in [0, 0.1) is 6.92 Å². The topological polar surface area (TPSA) is 66.6 Å². The molecule has 0 spiro atoms. The fourth-order valence-corrected chi connectivity index (χ4v) is 2.03. The largest absolute Gasteiger partial charge is 0.493 e. The molecule has 0 fully saturated rings. The maximum Gasteiger partial charge on any atom is 0.164 e. The number of nitrogen functional groups attached to an aromatic ring is 1. The van der Waals surface area contributed by atoms with E-state index in [0.29, 0.717) is 28.7 Å². The van der Waals surface area contributed by atoms with Crippen LogP contribution in [0.1, 0.15) is 18.3 Å².